The molecular weight excluding hydrogens is 352 g/mol. The number of fused-ring (bicyclic) bond motifs is 3. The summed E-state index contributed by atoms with van der Waals surface area (Å²) in [6.45, 7) is 2.20. The Kier molecular flexibility index (Phi) is 5.00. The van der Waals surface area contributed by atoms with Crippen LogP contribution in [0.15, 0.2) is 24.3 Å². The highest BCUT2D eigenvalue weighted by Crippen LogP contribution is 2.49. The van der Waals surface area contributed by atoms with E-state index in [9.17, 15) is 13.2 Å². The van der Waals surface area contributed by atoms with Crippen LogP contribution in [0, 0.1) is 35.1 Å². The van der Waals surface area contributed by atoms with Gasteiger partial charge in [0.1, 0.15) is 11.6 Å². The van der Waals surface area contributed by atoms with E-state index in [4.69, 9.17) is 0 Å². The molecule has 0 saturated heterocycles. The number of rotatable bonds is 3. The molecule has 0 bridgehead atoms. The summed E-state index contributed by atoms with van der Waals surface area (Å²) < 4.78 is 56.9. The molecule has 3 atom stereocenters. The van der Waals surface area contributed by atoms with Crippen LogP contribution in [0.2, 0.25) is 0 Å². The van der Waals surface area contributed by atoms with Gasteiger partial charge in [-0.15, -0.1) is 0 Å². The Morgan fingerprint density at radius 2 is 1.74 bits per heavy atom. The zero-order valence-corrected chi connectivity index (χ0v) is 15.5. The summed E-state index contributed by atoms with van der Waals surface area (Å²) in [4.78, 5) is 0. The highest BCUT2D eigenvalue weighted by molar-refractivity contribution is 5.67. The van der Waals surface area contributed by atoms with E-state index in [2.05, 4.69) is 6.92 Å². The molecule has 27 heavy (non-hydrogen) atoms. The van der Waals surface area contributed by atoms with Crippen molar-refractivity contribution in [3.63, 3.8) is 0 Å². The van der Waals surface area contributed by atoms with E-state index >= 15 is 4.39 Å². The average molecular weight is 376 g/mol. The predicted molar refractivity (Wildman–Crippen MR) is 98.5 cm³/mol. The van der Waals surface area contributed by atoms with Gasteiger partial charge < -0.3 is 0 Å². The standard InChI is InChI=1S/C23H24F4/c1-2-3-13-4-7-16-14(10-13)5-8-17-18(16)12-21(26)22(23(17)27)15-6-9-19(24)20(25)11-15/h6,9,11-14,16H,2-5,7-8,10H2,1H3/t13-,14-,16+/m1/s1. The number of benzene rings is 2. The summed E-state index contributed by atoms with van der Waals surface area (Å²) in [5, 5.41) is 0. The molecule has 1 fully saturated rings. The second-order valence-corrected chi connectivity index (χ2v) is 8.12. The summed E-state index contributed by atoms with van der Waals surface area (Å²) >= 11 is 0. The Bertz CT molecular complexity index is 858. The lowest BCUT2D eigenvalue weighted by Gasteiger charge is -2.41. The number of hydrogen-bond acceptors (Lipinski definition) is 0. The first-order valence-corrected chi connectivity index (χ1v) is 9.95. The smallest absolute Gasteiger partial charge is 0.159 e. The topological polar surface area (TPSA) is 0 Å². The normalized spacial score (nSPS) is 24.4. The van der Waals surface area contributed by atoms with Gasteiger partial charge >= 0.3 is 0 Å². The molecule has 0 nitrogen and oxygen atoms in total. The van der Waals surface area contributed by atoms with Crippen LogP contribution >= 0.6 is 0 Å². The van der Waals surface area contributed by atoms with Crippen molar-refractivity contribution in [2.75, 3.05) is 0 Å². The molecule has 0 heterocycles. The fourth-order valence-electron chi connectivity index (χ4n) is 5.27. The fraction of sp³-hybridized carbons (Fsp3) is 0.478. The lowest BCUT2D eigenvalue weighted by molar-refractivity contribution is 0.199. The largest absolute Gasteiger partial charge is 0.206 e. The van der Waals surface area contributed by atoms with Gasteiger partial charge in [0.2, 0.25) is 0 Å². The monoisotopic (exact) mass is 376 g/mol. The van der Waals surface area contributed by atoms with Gasteiger partial charge in [0.25, 0.3) is 0 Å². The average Bonchev–Trinajstić information content (AvgIpc) is 2.64. The first-order valence-electron chi connectivity index (χ1n) is 9.95. The molecule has 4 heteroatoms. The van der Waals surface area contributed by atoms with Crippen molar-refractivity contribution in [2.24, 2.45) is 11.8 Å². The molecule has 0 N–H and O–H groups in total. The molecule has 2 aromatic rings. The van der Waals surface area contributed by atoms with Gasteiger partial charge in [-0.05, 0) is 84.7 Å². The zero-order chi connectivity index (χ0) is 19.1. The van der Waals surface area contributed by atoms with Crippen LogP contribution in [0.1, 0.15) is 62.5 Å². The quantitative estimate of drug-likeness (QED) is 0.499. The van der Waals surface area contributed by atoms with E-state index in [0.717, 1.165) is 49.3 Å². The van der Waals surface area contributed by atoms with Crippen molar-refractivity contribution in [3.05, 3.63) is 58.7 Å². The van der Waals surface area contributed by atoms with Gasteiger partial charge in [0.15, 0.2) is 11.6 Å². The molecule has 0 amide bonds. The fourth-order valence-corrected chi connectivity index (χ4v) is 5.27. The third-order valence-corrected chi connectivity index (χ3v) is 6.51. The third kappa shape index (κ3) is 3.28. The summed E-state index contributed by atoms with van der Waals surface area (Å²) in [6, 6.07) is 4.46. The van der Waals surface area contributed by atoms with E-state index < -0.39 is 23.3 Å². The van der Waals surface area contributed by atoms with Gasteiger partial charge in [-0.1, -0.05) is 25.8 Å². The summed E-state index contributed by atoms with van der Waals surface area (Å²) in [5.41, 5.74) is 1.15. The van der Waals surface area contributed by atoms with Crippen molar-refractivity contribution >= 4 is 0 Å². The van der Waals surface area contributed by atoms with Crippen LogP contribution in [0.3, 0.4) is 0 Å². The van der Waals surface area contributed by atoms with Crippen LogP contribution < -0.4 is 0 Å². The van der Waals surface area contributed by atoms with Gasteiger partial charge in [-0.2, -0.15) is 0 Å². The van der Waals surface area contributed by atoms with E-state index in [0.29, 0.717) is 17.9 Å². The van der Waals surface area contributed by atoms with Gasteiger partial charge in [0, 0.05) is 0 Å². The Labute approximate surface area is 157 Å². The maximum Gasteiger partial charge on any atom is 0.159 e. The van der Waals surface area contributed by atoms with Crippen molar-refractivity contribution in [1.82, 2.24) is 0 Å². The van der Waals surface area contributed by atoms with Crippen LogP contribution in [0.5, 0.6) is 0 Å². The number of hydrogen-bond donors (Lipinski definition) is 0. The second kappa shape index (κ2) is 7.29. The Morgan fingerprint density at radius 3 is 2.48 bits per heavy atom. The van der Waals surface area contributed by atoms with Crippen molar-refractivity contribution in [1.29, 1.82) is 0 Å². The highest BCUT2D eigenvalue weighted by Gasteiger charge is 2.37. The Balaban J connectivity index is 1.72. The predicted octanol–water partition coefficient (Wildman–Crippen LogP) is 7.16. The molecule has 0 spiro atoms. The molecule has 0 aromatic heterocycles. The molecule has 2 aromatic carbocycles. The minimum atomic E-state index is -1.10. The molecule has 4 rings (SSSR count). The maximum absolute atomic E-state index is 15.2. The molecule has 0 unspecified atom stereocenters. The van der Waals surface area contributed by atoms with Crippen molar-refractivity contribution < 1.29 is 17.6 Å². The summed E-state index contributed by atoms with van der Waals surface area (Å²) in [6.07, 6.45) is 7.14. The SMILES string of the molecule is CCC[C@@H]1CC[C@@H]2c3cc(F)c(-c4ccc(F)c(F)c4)c(F)c3CC[C@@H]2C1. The van der Waals surface area contributed by atoms with Crippen LogP contribution in [0.4, 0.5) is 17.6 Å². The maximum atomic E-state index is 15.2. The van der Waals surface area contributed by atoms with E-state index in [1.165, 1.54) is 25.0 Å². The minimum Gasteiger partial charge on any atom is -0.206 e. The molecule has 144 valence electrons. The van der Waals surface area contributed by atoms with Gasteiger partial charge in [-0.25, -0.2) is 17.6 Å². The first-order chi connectivity index (χ1) is 13.0. The lowest BCUT2D eigenvalue weighted by atomic mass is 9.64. The van der Waals surface area contributed by atoms with Gasteiger partial charge in [-0.3, -0.25) is 0 Å². The summed E-state index contributed by atoms with van der Waals surface area (Å²) in [5.74, 6) is -1.98. The molecule has 1 saturated carbocycles. The lowest BCUT2D eigenvalue weighted by Crippen LogP contribution is -2.29. The van der Waals surface area contributed by atoms with Crippen molar-refractivity contribution in [3.8, 4) is 11.1 Å². The summed E-state index contributed by atoms with van der Waals surface area (Å²) in [7, 11) is 0. The van der Waals surface area contributed by atoms with Crippen LogP contribution in [-0.2, 0) is 6.42 Å². The Morgan fingerprint density at radius 1 is 0.926 bits per heavy atom. The second-order valence-electron chi connectivity index (χ2n) is 8.12. The highest BCUT2D eigenvalue weighted by atomic mass is 19.2. The third-order valence-electron chi connectivity index (χ3n) is 6.51. The molecule has 2 aliphatic rings. The minimum absolute atomic E-state index is 0.0421. The van der Waals surface area contributed by atoms with Crippen molar-refractivity contribution in [2.45, 2.75) is 57.8 Å². The van der Waals surface area contributed by atoms with Gasteiger partial charge in [0.05, 0.1) is 5.56 Å². The van der Waals surface area contributed by atoms with Crippen LogP contribution in [0.25, 0.3) is 11.1 Å². The van der Waals surface area contributed by atoms with Crippen LogP contribution in [-0.4, -0.2) is 0 Å². The molecule has 0 radical (unpaired) electrons. The number of halogens is 4. The van der Waals surface area contributed by atoms with E-state index in [1.807, 2.05) is 0 Å². The van der Waals surface area contributed by atoms with E-state index in [-0.39, 0.29) is 17.0 Å². The first kappa shape index (κ1) is 18.5. The zero-order valence-electron chi connectivity index (χ0n) is 15.5. The molecular formula is C23H24F4. The molecule has 2 aliphatic carbocycles. The van der Waals surface area contributed by atoms with E-state index in [1.54, 1.807) is 0 Å². The Hall–Kier alpha value is -1.84. The molecule has 0 aliphatic heterocycles.